The summed E-state index contributed by atoms with van der Waals surface area (Å²) in [6.07, 6.45) is -1.39. The molecule has 1 fully saturated rings. The molecule has 1 aliphatic heterocycles. The molecule has 0 saturated carbocycles. The summed E-state index contributed by atoms with van der Waals surface area (Å²) in [6.45, 7) is 5.76. The van der Waals surface area contributed by atoms with E-state index < -0.39 is 35.5 Å². The number of aromatic amines is 1. The normalized spacial score (nSPS) is 26.2. The monoisotopic (exact) mass is 302 g/mol. The van der Waals surface area contributed by atoms with Crippen LogP contribution in [0.15, 0.2) is 15.8 Å². The highest BCUT2D eigenvalue weighted by Gasteiger charge is 2.36. The van der Waals surface area contributed by atoms with Gasteiger partial charge >= 0.3 is 5.69 Å². The molecular weight excluding hydrogens is 283 g/mol. The van der Waals surface area contributed by atoms with Crippen LogP contribution in [-0.4, -0.2) is 39.1 Å². The third kappa shape index (κ3) is 3.78. The number of H-pyrrole nitrogens is 1. The fourth-order valence-corrected chi connectivity index (χ4v) is 2.04. The predicted molar refractivity (Wildman–Crippen MR) is 71.5 cm³/mol. The van der Waals surface area contributed by atoms with Gasteiger partial charge in [-0.1, -0.05) is 0 Å². The molecule has 0 amide bonds. The van der Waals surface area contributed by atoms with Gasteiger partial charge in [-0.3, -0.25) is 14.3 Å². The van der Waals surface area contributed by atoms with E-state index in [-0.39, 0.29) is 18.6 Å². The van der Waals surface area contributed by atoms with E-state index in [4.69, 9.17) is 9.47 Å². The van der Waals surface area contributed by atoms with Gasteiger partial charge < -0.3 is 14.6 Å². The van der Waals surface area contributed by atoms with Crippen molar-refractivity contribution in [2.75, 3.05) is 6.61 Å². The van der Waals surface area contributed by atoms with Crippen molar-refractivity contribution in [3.63, 3.8) is 0 Å². The molecule has 0 radical (unpaired) electrons. The molecule has 1 aromatic heterocycles. The van der Waals surface area contributed by atoms with E-state index in [1.54, 1.807) is 0 Å². The highest BCUT2D eigenvalue weighted by atomic mass is 19.1. The Morgan fingerprint density at radius 3 is 2.81 bits per heavy atom. The Bertz CT molecular complexity index is 618. The Balaban J connectivity index is 2.12. The highest BCUT2D eigenvalue weighted by Crippen LogP contribution is 2.28. The lowest BCUT2D eigenvalue weighted by Gasteiger charge is -2.23. The zero-order valence-corrected chi connectivity index (χ0v) is 12.1. The minimum Gasteiger partial charge on any atom is -0.390 e. The lowest BCUT2D eigenvalue weighted by atomic mass is 10.1. The van der Waals surface area contributed by atoms with E-state index in [1.807, 2.05) is 25.8 Å². The maximum absolute atomic E-state index is 13.3. The molecule has 0 aliphatic carbocycles. The first-order chi connectivity index (χ1) is 9.67. The van der Waals surface area contributed by atoms with E-state index in [1.165, 1.54) is 0 Å². The average molecular weight is 302 g/mol. The fraction of sp³-hybridized carbons (Fsp3) is 0.692. The van der Waals surface area contributed by atoms with Gasteiger partial charge in [-0.15, -0.1) is 0 Å². The number of nitrogens with zero attached hydrogens (tertiary/aromatic N) is 1. The second-order valence-corrected chi connectivity index (χ2v) is 6.00. The standard InChI is InChI=1S/C13H19FN2O5/c1-13(2,3)20-6-9-8(17)4-10(21-9)16-5-7(14)11(18)15-12(16)19/h5,8-10,17H,4,6H2,1-3H3,(H,15,18,19)/t8-,9+,10+/m0/s1. The lowest BCUT2D eigenvalue weighted by Crippen LogP contribution is -2.34. The maximum atomic E-state index is 13.3. The summed E-state index contributed by atoms with van der Waals surface area (Å²) in [4.78, 5) is 24.5. The lowest BCUT2D eigenvalue weighted by molar-refractivity contribution is -0.0996. The first-order valence-corrected chi connectivity index (χ1v) is 6.66. The molecule has 2 N–H and O–H groups in total. The molecule has 1 aliphatic rings. The Morgan fingerprint density at radius 2 is 2.19 bits per heavy atom. The molecule has 0 unspecified atom stereocenters. The van der Waals surface area contributed by atoms with Crippen LogP contribution in [0.25, 0.3) is 0 Å². The Labute approximate surface area is 120 Å². The minimum absolute atomic E-state index is 0.115. The molecule has 2 heterocycles. The van der Waals surface area contributed by atoms with Gasteiger partial charge in [0.2, 0.25) is 5.82 Å². The van der Waals surface area contributed by atoms with Crippen LogP contribution in [0.2, 0.25) is 0 Å². The smallest absolute Gasteiger partial charge is 0.330 e. The topological polar surface area (TPSA) is 93.5 Å². The van der Waals surface area contributed by atoms with Crippen LogP contribution in [0.1, 0.15) is 33.4 Å². The second-order valence-electron chi connectivity index (χ2n) is 6.00. The van der Waals surface area contributed by atoms with Gasteiger partial charge in [0.25, 0.3) is 5.56 Å². The second kappa shape index (κ2) is 5.70. The Morgan fingerprint density at radius 1 is 1.52 bits per heavy atom. The van der Waals surface area contributed by atoms with Crippen molar-refractivity contribution in [2.45, 2.75) is 51.2 Å². The van der Waals surface area contributed by atoms with Crippen LogP contribution >= 0.6 is 0 Å². The molecule has 8 heteroatoms. The molecular formula is C13H19FN2O5. The van der Waals surface area contributed by atoms with Gasteiger partial charge in [-0.05, 0) is 20.8 Å². The number of aromatic nitrogens is 2. The minimum atomic E-state index is -1.08. The molecule has 3 atom stereocenters. The molecule has 118 valence electrons. The van der Waals surface area contributed by atoms with Crippen molar-refractivity contribution in [1.82, 2.24) is 9.55 Å². The molecule has 0 bridgehead atoms. The third-order valence-corrected chi connectivity index (χ3v) is 3.12. The van der Waals surface area contributed by atoms with Crippen LogP contribution in [0.3, 0.4) is 0 Å². The zero-order chi connectivity index (χ0) is 15.8. The summed E-state index contributed by atoms with van der Waals surface area (Å²) >= 11 is 0. The van der Waals surface area contributed by atoms with E-state index in [2.05, 4.69) is 0 Å². The summed E-state index contributed by atoms with van der Waals surface area (Å²) in [6, 6.07) is 0. The molecule has 1 aromatic rings. The number of hydrogen-bond donors (Lipinski definition) is 2. The fourth-order valence-electron chi connectivity index (χ4n) is 2.04. The van der Waals surface area contributed by atoms with E-state index in [0.29, 0.717) is 0 Å². The zero-order valence-electron chi connectivity index (χ0n) is 12.1. The third-order valence-electron chi connectivity index (χ3n) is 3.12. The molecule has 0 spiro atoms. The molecule has 7 nitrogen and oxygen atoms in total. The van der Waals surface area contributed by atoms with Crippen molar-refractivity contribution in [1.29, 1.82) is 0 Å². The summed E-state index contributed by atoms with van der Waals surface area (Å²) in [5.41, 5.74) is -2.25. The number of aliphatic hydroxyl groups is 1. The number of halogens is 1. The van der Waals surface area contributed by atoms with Gasteiger partial charge in [0.15, 0.2) is 0 Å². The summed E-state index contributed by atoms with van der Waals surface area (Å²) in [7, 11) is 0. The van der Waals surface area contributed by atoms with E-state index in [0.717, 1.165) is 10.8 Å². The number of aliphatic hydroxyl groups excluding tert-OH is 1. The van der Waals surface area contributed by atoms with Gasteiger partial charge in [-0.2, -0.15) is 4.39 Å². The van der Waals surface area contributed by atoms with Crippen molar-refractivity contribution in [2.24, 2.45) is 0 Å². The number of nitrogens with one attached hydrogen (secondary N) is 1. The number of ether oxygens (including phenoxy) is 2. The highest BCUT2D eigenvalue weighted by molar-refractivity contribution is 4.91. The van der Waals surface area contributed by atoms with Gasteiger partial charge in [0.1, 0.15) is 12.3 Å². The largest absolute Gasteiger partial charge is 0.390 e. The number of hydrogen-bond acceptors (Lipinski definition) is 5. The number of rotatable bonds is 3. The van der Waals surface area contributed by atoms with Gasteiger partial charge in [-0.25, -0.2) is 4.79 Å². The molecule has 0 aromatic carbocycles. The predicted octanol–water partition coefficient (Wildman–Crippen LogP) is 0.139. The molecule has 2 rings (SSSR count). The van der Waals surface area contributed by atoms with Crippen molar-refractivity contribution < 1.29 is 19.0 Å². The SMILES string of the molecule is CC(C)(C)OC[C@H]1O[C@@H](n2cc(F)c(=O)[nH]c2=O)C[C@@H]1O. The summed E-state index contributed by atoms with van der Waals surface area (Å²) in [5, 5.41) is 9.95. The van der Waals surface area contributed by atoms with Crippen LogP contribution in [0.4, 0.5) is 4.39 Å². The van der Waals surface area contributed by atoms with Crippen molar-refractivity contribution in [3.05, 3.63) is 32.9 Å². The summed E-state index contributed by atoms with van der Waals surface area (Å²) < 4.78 is 25.3. The van der Waals surface area contributed by atoms with Crippen LogP contribution in [-0.2, 0) is 9.47 Å². The average Bonchev–Trinajstić information content (AvgIpc) is 2.72. The van der Waals surface area contributed by atoms with Crippen LogP contribution in [0.5, 0.6) is 0 Å². The van der Waals surface area contributed by atoms with Gasteiger partial charge in [0.05, 0.1) is 24.5 Å². The first-order valence-electron chi connectivity index (χ1n) is 6.66. The maximum Gasteiger partial charge on any atom is 0.330 e. The molecule has 21 heavy (non-hydrogen) atoms. The van der Waals surface area contributed by atoms with Crippen LogP contribution in [0, 0.1) is 5.82 Å². The Hall–Kier alpha value is -1.51. The van der Waals surface area contributed by atoms with Gasteiger partial charge in [0, 0.05) is 6.42 Å². The van der Waals surface area contributed by atoms with E-state index >= 15 is 0 Å². The quantitative estimate of drug-likeness (QED) is 0.828. The van der Waals surface area contributed by atoms with Crippen LogP contribution < -0.4 is 11.2 Å². The van der Waals surface area contributed by atoms with E-state index in [9.17, 15) is 19.1 Å². The molecule has 1 saturated heterocycles. The first kappa shape index (κ1) is 15.9. The van der Waals surface area contributed by atoms with Crippen molar-refractivity contribution >= 4 is 0 Å². The Kier molecular flexibility index (Phi) is 4.31. The summed E-state index contributed by atoms with van der Waals surface area (Å²) in [5.74, 6) is -1.08. The van der Waals surface area contributed by atoms with Crippen molar-refractivity contribution in [3.8, 4) is 0 Å².